The second-order valence-corrected chi connectivity index (χ2v) is 5.70. The number of carbonyl (C=O) groups is 1. The van der Waals surface area contributed by atoms with Gasteiger partial charge in [-0.1, -0.05) is 0 Å². The maximum absolute atomic E-state index is 12.3. The Balaban J connectivity index is 1.60. The van der Waals surface area contributed by atoms with Crippen molar-refractivity contribution in [3.05, 3.63) is 24.3 Å². The number of fused-ring (bicyclic) bond motifs is 2. The maximum atomic E-state index is 12.3. The number of hydrogen-bond acceptors (Lipinski definition) is 4. The van der Waals surface area contributed by atoms with Crippen molar-refractivity contribution in [1.82, 2.24) is 4.90 Å². The Hall–Kier alpha value is -1.59. The summed E-state index contributed by atoms with van der Waals surface area (Å²) in [5.74, 6) is 0.0241. The fraction of sp³-hybridized carbons (Fsp3) is 0.533. The number of ether oxygens (including phenoxy) is 1. The molecule has 1 aromatic rings. The molecule has 2 aliphatic heterocycles. The predicted molar refractivity (Wildman–Crippen MR) is 78.4 cm³/mol. The van der Waals surface area contributed by atoms with Gasteiger partial charge >= 0.3 is 0 Å². The number of nitrogens with zero attached hydrogens (tertiary/aromatic N) is 1. The molecule has 2 heterocycles. The topological polar surface area (TPSA) is 67.6 Å². The molecule has 5 heteroatoms. The van der Waals surface area contributed by atoms with E-state index in [-0.39, 0.29) is 11.9 Å². The van der Waals surface area contributed by atoms with Crippen molar-refractivity contribution in [2.24, 2.45) is 0 Å². The van der Waals surface area contributed by atoms with E-state index >= 15 is 0 Å². The van der Waals surface area contributed by atoms with Crippen molar-refractivity contribution < 1.29 is 9.53 Å². The molecule has 2 saturated heterocycles. The van der Waals surface area contributed by atoms with Gasteiger partial charge < -0.3 is 15.8 Å². The molecule has 0 spiro atoms. The molecule has 0 aromatic heterocycles. The van der Waals surface area contributed by atoms with E-state index in [0.29, 0.717) is 17.9 Å². The molecule has 1 amide bonds. The van der Waals surface area contributed by atoms with Crippen molar-refractivity contribution in [3.63, 3.8) is 0 Å². The van der Waals surface area contributed by atoms with Crippen LogP contribution in [0.1, 0.15) is 19.8 Å². The summed E-state index contributed by atoms with van der Waals surface area (Å²) in [5, 5.41) is 2.94. The molecule has 3 rings (SSSR count). The van der Waals surface area contributed by atoms with Gasteiger partial charge in [-0.25, -0.2) is 0 Å². The Bertz CT molecular complexity index is 476. The van der Waals surface area contributed by atoms with E-state index in [1.54, 1.807) is 12.1 Å². The van der Waals surface area contributed by atoms with E-state index in [0.717, 1.165) is 31.6 Å². The normalized spacial score (nSPS) is 27.2. The zero-order valence-electron chi connectivity index (χ0n) is 11.7. The number of morpholine rings is 1. The standard InChI is InChI=1S/C15H21N3O2/c1-10(18-8-13-6-7-14(9-18)20-13)15(19)17-12-4-2-11(16)3-5-12/h2-5,10,13-14H,6-9,16H2,1H3,(H,17,19). The number of nitrogen functional groups attached to an aromatic ring is 1. The molecule has 2 aliphatic rings. The maximum Gasteiger partial charge on any atom is 0.241 e. The molecule has 0 aliphatic carbocycles. The quantitative estimate of drug-likeness (QED) is 0.820. The number of hydrogen-bond donors (Lipinski definition) is 2. The molecule has 1 aromatic carbocycles. The van der Waals surface area contributed by atoms with E-state index in [2.05, 4.69) is 10.2 Å². The van der Waals surface area contributed by atoms with Crippen LogP contribution >= 0.6 is 0 Å². The average molecular weight is 275 g/mol. The van der Waals surface area contributed by atoms with Crippen LogP contribution in [0.2, 0.25) is 0 Å². The third kappa shape index (κ3) is 2.78. The Labute approximate surface area is 119 Å². The third-order valence-electron chi connectivity index (χ3n) is 4.18. The number of nitrogens with one attached hydrogen (secondary N) is 1. The van der Waals surface area contributed by atoms with Gasteiger partial charge in [-0.15, -0.1) is 0 Å². The Morgan fingerprint density at radius 2 is 1.90 bits per heavy atom. The molecule has 3 atom stereocenters. The Morgan fingerprint density at radius 3 is 2.50 bits per heavy atom. The zero-order chi connectivity index (χ0) is 14.1. The highest BCUT2D eigenvalue weighted by Gasteiger charge is 2.37. The van der Waals surface area contributed by atoms with Crippen LogP contribution in [0.3, 0.4) is 0 Å². The minimum absolute atomic E-state index is 0.0241. The SMILES string of the molecule is CC(C(=O)Nc1ccc(N)cc1)N1CC2CCC(C1)O2. The van der Waals surface area contributed by atoms with E-state index in [1.165, 1.54) is 0 Å². The van der Waals surface area contributed by atoms with E-state index in [9.17, 15) is 4.79 Å². The second-order valence-electron chi connectivity index (χ2n) is 5.70. The highest BCUT2D eigenvalue weighted by Crippen LogP contribution is 2.27. The lowest BCUT2D eigenvalue weighted by atomic mass is 10.2. The average Bonchev–Trinajstić information content (AvgIpc) is 2.79. The lowest BCUT2D eigenvalue weighted by Gasteiger charge is -2.35. The molecule has 20 heavy (non-hydrogen) atoms. The van der Waals surface area contributed by atoms with Gasteiger partial charge in [-0.05, 0) is 44.0 Å². The lowest BCUT2D eigenvalue weighted by molar-refractivity contribution is -0.124. The number of amides is 1. The van der Waals surface area contributed by atoms with Gasteiger partial charge in [0.2, 0.25) is 5.91 Å². The molecule has 5 nitrogen and oxygen atoms in total. The minimum Gasteiger partial charge on any atom is -0.399 e. The lowest BCUT2D eigenvalue weighted by Crippen LogP contribution is -2.51. The summed E-state index contributed by atoms with van der Waals surface area (Å²) in [7, 11) is 0. The van der Waals surface area contributed by atoms with Gasteiger partial charge in [0.15, 0.2) is 0 Å². The van der Waals surface area contributed by atoms with Gasteiger partial charge in [0.05, 0.1) is 18.2 Å². The molecule has 3 N–H and O–H groups in total. The molecule has 0 radical (unpaired) electrons. The van der Waals surface area contributed by atoms with Crippen molar-refractivity contribution >= 4 is 17.3 Å². The predicted octanol–water partition coefficient (Wildman–Crippen LogP) is 1.46. The summed E-state index contributed by atoms with van der Waals surface area (Å²) in [5.41, 5.74) is 7.12. The summed E-state index contributed by atoms with van der Waals surface area (Å²) < 4.78 is 5.80. The van der Waals surface area contributed by atoms with Crippen molar-refractivity contribution in [1.29, 1.82) is 0 Å². The Kier molecular flexibility index (Phi) is 3.63. The number of rotatable bonds is 3. The smallest absolute Gasteiger partial charge is 0.241 e. The van der Waals surface area contributed by atoms with Crippen LogP contribution in [0, 0.1) is 0 Å². The van der Waals surface area contributed by atoms with E-state index in [4.69, 9.17) is 10.5 Å². The molecule has 0 saturated carbocycles. The number of carbonyl (C=O) groups excluding carboxylic acids is 1. The molecular weight excluding hydrogens is 254 g/mol. The molecule has 3 unspecified atom stereocenters. The fourth-order valence-corrected chi connectivity index (χ4v) is 2.94. The summed E-state index contributed by atoms with van der Waals surface area (Å²) in [6, 6.07) is 7.08. The number of likely N-dealkylation sites (tertiary alicyclic amines) is 1. The highest BCUT2D eigenvalue weighted by atomic mass is 16.5. The molecular formula is C15H21N3O2. The van der Waals surface area contributed by atoms with E-state index < -0.39 is 0 Å². The first-order chi connectivity index (χ1) is 9.61. The van der Waals surface area contributed by atoms with Crippen LogP contribution in [-0.4, -0.2) is 42.1 Å². The summed E-state index contributed by atoms with van der Waals surface area (Å²) in [6.45, 7) is 3.66. The largest absolute Gasteiger partial charge is 0.399 e. The second kappa shape index (κ2) is 5.42. The first-order valence-electron chi connectivity index (χ1n) is 7.18. The molecule has 108 valence electrons. The van der Waals surface area contributed by atoms with Crippen LogP contribution in [0.4, 0.5) is 11.4 Å². The van der Waals surface area contributed by atoms with Gasteiger partial charge in [0, 0.05) is 24.5 Å². The number of nitrogens with two attached hydrogens (primary N) is 1. The van der Waals surface area contributed by atoms with Crippen LogP contribution in [0.15, 0.2) is 24.3 Å². The Morgan fingerprint density at radius 1 is 1.30 bits per heavy atom. The van der Waals surface area contributed by atoms with E-state index in [1.807, 2.05) is 19.1 Å². The van der Waals surface area contributed by atoms with Gasteiger partial charge in [-0.3, -0.25) is 9.69 Å². The fourth-order valence-electron chi connectivity index (χ4n) is 2.94. The third-order valence-corrected chi connectivity index (χ3v) is 4.18. The number of anilines is 2. The van der Waals surface area contributed by atoms with Crippen LogP contribution in [0.5, 0.6) is 0 Å². The van der Waals surface area contributed by atoms with Gasteiger partial charge in [-0.2, -0.15) is 0 Å². The first-order valence-corrected chi connectivity index (χ1v) is 7.18. The molecule has 2 bridgehead atoms. The zero-order valence-corrected chi connectivity index (χ0v) is 11.7. The highest BCUT2D eigenvalue weighted by molar-refractivity contribution is 5.94. The minimum atomic E-state index is -0.139. The van der Waals surface area contributed by atoms with Gasteiger partial charge in [0.25, 0.3) is 0 Å². The van der Waals surface area contributed by atoms with Crippen molar-refractivity contribution in [2.45, 2.75) is 38.0 Å². The van der Waals surface area contributed by atoms with Crippen LogP contribution in [0.25, 0.3) is 0 Å². The first kappa shape index (κ1) is 13.4. The monoisotopic (exact) mass is 275 g/mol. The van der Waals surface area contributed by atoms with Crippen LogP contribution in [-0.2, 0) is 9.53 Å². The molecule has 2 fully saturated rings. The summed E-state index contributed by atoms with van der Waals surface area (Å²) in [4.78, 5) is 14.5. The van der Waals surface area contributed by atoms with Crippen LogP contribution < -0.4 is 11.1 Å². The van der Waals surface area contributed by atoms with Gasteiger partial charge in [0.1, 0.15) is 0 Å². The van der Waals surface area contributed by atoms with Crippen molar-refractivity contribution in [2.75, 3.05) is 24.1 Å². The summed E-state index contributed by atoms with van der Waals surface area (Å²) >= 11 is 0. The summed E-state index contributed by atoms with van der Waals surface area (Å²) in [6.07, 6.45) is 2.85. The van der Waals surface area contributed by atoms with Crippen molar-refractivity contribution in [3.8, 4) is 0 Å². The number of benzene rings is 1.